The van der Waals surface area contributed by atoms with E-state index in [-0.39, 0.29) is 5.91 Å². The van der Waals surface area contributed by atoms with Crippen molar-refractivity contribution in [3.63, 3.8) is 0 Å². The number of carbonyl (C=O) groups is 1. The van der Waals surface area contributed by atoms with Crippen LogP contribution in [0.5, 0.6) is 11.5 Å². The van der Waals surface area contributed by atoms with Crippen LogP contribution in [0.3, 0.4) is 0 Å². The molecule has 0 spiro atoms. The van der Waals surface area contributed by atoms with Gasteiger partial charge < -0.3 is 14.4 Å². The first-order chi connectivity index (χ1) is 11.5. The molecule has 1 aromatic carbocycles. The van der Waals surface area contributed by atoms with Crippen molar-refractivity contribution < 1.29 is 14.3 Å². The van der Waals surface area contributed by atoms with Crippen LogP contribution in [0, 0.1) is 0 Å². The highest BCUT2D eigenvalue weighted by molar-refractivity contribution is 6.32. The second kappa shape index (κ2) is 8.36. The topological polar surface area (TPSA) is 51.7 Å². The molecule has 0 aliphatic carbocycles. The first-order valence-corrected chi connectivity index (χ1v) is 7.66. The van der Waals surface area contributed by atoms with E-state index in [1.54, 1.807) is 42.6 Å². The number of rotatable bonds is 6. The van der Waals surface area contributed by atoms with Gasteiger partial charge in [-0.05, 0) is 41.5 Å². The van der Waals surface area contributed by atoms with Crippen LogP contribution in [0.1, 0.15) is 11.1 Å². The van der Waals surface area contributed by atoms with E-state index in [0.29, 0.717) is 23.1 Å². The van der Waals surface area contributed by atoms with Gasteiger partial charge in [0.2, 0.25) is 5.91 Å². The summed E-state index contributed by atoms with van der Waals surface area (Å²) in [5, 5.41) is 0.425. The first kappa shape index (κ1) is 17.8. The number of hydrogen-bond donors (Lipinski definition) is 0. The van der Waals surface area contributed by atoms with Crippen LogP contribution < -0.4 is 9.47 Å². The maximum atomic E-state index is 12.2. The van der Waals surface area contributed by atoms with Gasteiger partial charge in [0.25, 0.3) is 0 Å². The maximum absolute atomic E-state index is 12.2. The average molecular weight is 347 g/mol. The zero-order valence-corrected chi connectivity index (χ0v) is 14.6. The molecular formula is C18H19ClN2O3. The fourth-order valence-corrected chi connectivity index (χ4v) is 2.47. The molecule has 2 aromatic rings. The molecule has 0 atom stereocenters. The van der Waals surface area contributed by atoms with Crippen LogP contribution in [-0.4, -0.2) is 37.1 Å². The Kier molecular flexibility index (Phi) is 6.21. The van der Waals surface area contributed by atoms with Gasteiger partial charge in [0.15, 0.2) is 11.5 Å². The number of amides is 1. The second-order valence-corrected chi connectivity index (χ2v) is 5.53. The van der Waals surface area contributed by atoms with Crippen LogP contribution >= 0.6 is 11.6 Å². The van der Waals surface area contributed by atoms with Gasteiger partial charge in [-0.2, -0.15) is 0 Å². The highest BCUT2D eigenvalue weighted by Gasteiger charge is 2.10. The Morgan fingerprint density at radius 1 is 1.25 bits per heavy atom. The highest BCUT2D eigenvalue weighted by atomic mass is 35.5. The Labute approximate surface area is 146 Å². The fourth-order valence-electron chi connectivity index (χ4n) is 2.17. The van der Waals surface area contributed by atoms with E-state index < -0.39 is 0 Å². The van der Waals surface area contributed by atoms with E-state index in [4.69, 9.17) is 21.1 Å². The fraction of sp³-hybridized carbons (Fsp3) is 0.222. The second-order valence-electron chi connectivity index (χ2n) is 5.12. The molecule has 0 radical (unpaired) electrons. The number of likely N-dealkylation sites (N-methyl/N-ethyl adjacent to an activating group) is 1. The van der Waals surface area contributed by atoms with Gasteiger partial charge in [-0.3, -0.25) is 9.78 Å². The quantitative estimate of drug-likeness (QED) is 0.752. The Bertz CT molecular complexity index is 733. The molecule has 0 saturated carbocycles. The molecule has 0 fully saturated rings. The van der Waals surface area contributed by atoms with E-state index in [2.05, 4.69) is 4.98 Å². The third-order valence-corrected chi connectivity index (χ3v) is 3.70. The molecule has 1 aromatic heterocycles. The van der Waals surface area contributed by atoms with E-state index in [0.717, 1.165) is 11.1 Å². The van der Waals surface area contributed by atoms with Crippen LogP contribution in [0.4, 0.5) is 0 Å². The standard InChI is InChI=1S/C18H19ClN2O3/c1-21(12-13-6-8-20-9-7-13)17(22)5-4-14-10-15(19)18(24-3)16(11-14)23-2/h4-11H,12H2,1-3H3/b5-4+. The summed E-state index contributed by atoms with van der Waals surface area (Å²) in [6.07, 6.45) is 6.60. The van der Waals surface area contributed by atoms with E-state index in [9.17, 15) is 4.79 Å². The molecule has 6 heteroatoms. The molecule has 1 heterocycles. The molecule has 1 amide bonds. The summed E-state index contributed by atoms with van der Waals surface area (Å²) in [7, 11) is 4.81. The molecule has 0 saturated heterocycles. The minimum atomic E-state index is -0.113. The molecule has 0 N–H and O–H groups in total. The van der Waals surface area contributed by atoms with Gasteiger partial charge in [0.1, 0.15) is 0 Å². The van der Waals surface area contributed by atoms with Crippen molar-refractivity contribution in [2.75, 3.05) is 21.3 Å². The van der Waals surface area contributed by atoms with Crippen LogP contribution in [0.2, 0.25) is 5.02 Å². The third kappa shape index (κ3) is 4.49. The lowest BCUT2D eigenvalue weighted by atomic mass is 10.1. The number of benzene rings is 1. The Balaban J connectivity index is 2.09. The van der Waals surface area contributed by atoms with Crippen molar-refractivity contribution in [3.05, 3.63) is 58.9 Å². The predicted molar refractivity (Wildman–Crippen MR) is 94.3 cm³/mol. The lowest BCUT2D eigenvalue weighted by Gasteiger charge is -2.15. The summed E-state index contributed by atoms with van der Waals surface area (Å²) >= 11 is 6.16. The zero-order chi connectivity index (χ0) is 17.5. The largest absolute Gasteiger partial charge is 0.493 e. The van der Waals surface area contributed by atoms with Crippen LogP contribution in [0.15, 0.2) is 42.7 Å². The molecule has 5 nitrogen and oxygen atoms in total. The molecule has 126 valence electrons. The first-order valence-electron chi connectivity index (χ1n) is 7.28. The number of halogens is 1. The van der Waals surface area contributed by atoms with Crippen molar-refractivity contribution in [2.24, 2.45) is 0 Å². The number of ether oxygens (including phenoxy) is 2. The molecule has 0 aliphatic heterocycles. The summed E-state index contributed by atoms with van der Waals surface area (Å²) in [6, 6.07) is 7.23. The number of aromatic nitrogens is 1. The lowest BCUT2D eigenvalue weighted by Crippen LogP contribution is -2.24. The summed E-state index contributed by atoms with van der Waals surface area (Å²) < 4.78 is 10.4. The minimum absolute atomic E-state index is 0.113. The highest BCUT2D eigenvalue weighted by Crippen LogP contribution is 2.36. The molecule has 0 bridgehead atoms. The van der Waals surface area contributed by atoms with Crippen LogP contribution in [0.25, 0.3) is 6.08 Å². The Hall–Kier alpha value is -2.53. The van der Waals surface area contributed by atoms with E-state index in [1.165, 1.54) is 20.3 Å². The smallest absolute Gasteiger partial charge is 0.246 e. The summed E-state index contributed by atoms with van der Waals surface area (Å²) in [4.78, 5) is 17.8. The van der Waals surface area contributed by atoms with Gasteiger partial charge in [-0.25, -0.2) is 0 Å². The summed E-state index contributed by atoms with van der Waals surface area (Å²) in [5.41, 5.74) is 1.77. The normalized spacial score (nSPS) is 10.7. The predicted octanol–water partition coefficient (Wildman–Crippen LogP) is 3.42. The number of carbonyl (C=O) groups excluding carboxylic acids is 1. The molecular weight excluding hydrogens is 328 g/mol. The van der Waals surface area contributed by atoms with Crippen molar-refractivity contribution >= 4 is 23.6 Å². The zero-order valence-electron chi connectivity index (χ0n) is 13.8. The van der Waals surface area contributed by atoms with E-state index in [1.807, 2.05) is 12.1 Å². The monoisotopic (exact) mass is 346 g/mol. The maximum Gasteiger partial charge on any atom is 0.246 e. The van der Waals surface area contributed by atoms with Crippen molar-refractivity contribution in [2.45, 2.75) is 6.54 Å². The summed E-state index contributed by atoms with van der Waals surface area (Å²) in [5.74, 6) is 0.873. The van der Waals surface area contributed by atoms with Gasteiger partial charge in [-0.15, -0.1) is 0 Å². The van der Waals surface area contributed by atoms with Gasteiger partial charge in [0.05, 0.1) is 19.2 Å². The van der Waals surface area contributed by atoms with E-state index >= 15 is 0 Å². The van der Waals surface area contributed by atoms with Gasteiger partial charge in [-0.1, -0.05) is 11.6 Å². The lowest BCUT2D eigenvalue weighted by molar-refractivity contribution is -0.125. The molecule has 0 aliphatic rings. The van der Waals surface area contributed by atoms with Crippen molar-refractivity contribution in [1.29, 1.82) is 0 Å². The van der Waals surface area contributed by atoms with Gasteiger partial charge in [0, 0.05) is 32.1 Å². The molecule has 0 unspecified atom stereocenters. The van der Waals surface area contributed by atoms with Crippen LogP contribution in [-0.2, 0) is 11.3 Å². The van der Waals surface area contributed by atoms with Gasteiger partial charge >= 0.3 is 0 Å². The number of hydrogen-bond acceptors (Lipinski definition) is 4. The average Bonchev–Trinajstić information content (AvgIpc) is 2.59. The SMILES string of the molecule is COc1cc(/C=C/C(=O)N(C)Cc2ccncc2)cc(Cl)c1OC. The number of pyridine rings is 1. The van der Waals surface area contributed by atoms with Crippen molar-refractivity contribution in [1.82, 2.24) is 9.88 Å². The Morgan fingerprint density at radius 2 is 1.96 bits per heavy atom. The molecule has 2 rings (SSSR count). The summed E-state index contributed by atoms with van der Waals surface area (Å²) in [6.45, 7) is 0.512. The number of methoxy groups -OCH3 is 2. The minimum Gasteiger partial charge on any atom is -0.493 e. The Morgan fingerprint density at radius 3 is 2.58 bits per heavy atom. The number of nitrogens with zero attached hydrogens (tertiary/aromatic N) is 2. The third-order valence-electron chi connectivity index (χ3n) is 3.42. The molecule has 24 heavy (non-hydrogen) atoms. The van der Waals surface area contributed by atoms with Crippen molar-refractivity contribution in [3.8, 4) is 11.5 Å².